The molecule has 1 rings (SSSR count). The normalized spacial score (nSPS) is 11.6. The van der Waals surface area contributed by atoms with Gasteiger partial charge >= 0.3 is 6.09 Å². The quantitative estimate of drug-likeness (QED) is 0.613. The Labute approximate surface area is 98.8 Å². The number of amides is 2. The SMILES string of the molecule is Cc1ccc(NC(=O)[C@@H](CN)NC(=O)O)cc1. The first kappa shape index (κ1) is 13.0. The summed E-state index contributed by atoms with van der Waals surface area (Å²) in [6.45, 7) is 1.84. The molecule has 0 spiro atoms. The molecule has 6 heteroatoms. The second-order valence-corrected chi connectivity index (χ2v) is 3.59. The van der Waals surface area contributed by atoms with E-state index in [0.717, 1.165) is 5.56 Å². The second kappa shape index (κ2) is 5.86. The zero-order valence-corrected chi connectivity index (χ0v) is 9.43. The van der Waals surface area contributed by atoms with Gasteiger partial charge in [-0.3, -0.25) is 4.79 Å². The van der Waals surface area contributed by atoms with E-state index in [1.807, 2.05) is 24.4 Å². The number of aryl methyl sites for hydroxylation is 1. The average Bonchev–Trinajstić information content (AvgIpc) is 2.28. The van der Waals surface area contributed by atoms with Crippen molar-refractivity contribution in [2.75, 3.05) is 11.9 Å². The highest BCUT2D eigenvalue weighted by Gasteiger charge is 2.18. The van der Waals surface area contributed by atoms with Crippen molar-refractivity contribution in [2.24, 2.45) is 5.73 Å². The molecule has 0 bridgehead atoms. The van der Waals surface area contributed by atoms with Gasteiger partial charge in [0.05, 0.1) is 0 Å². The maximum Gasteiger partial charge on any atom is 0.405 e. The fraction of sp³-hybridized carbons (Fsp3) is 0.273. The molecule has 5 N–H and O–H groups in total. The molecule has 17 heavy (non-hydrogen) atoms. The van der Waals surface area contributed by atoms with E-state index in [-0.39, 0.29) is 6.54 Å². The van der Waals surface area contributed by atoms with Gasteiger partial charge in [0, 0.05) is 12.2 Å². The Morgan fingerprint density at radius 3 is 2.41 bits per heavy atom. The molecule has 0 aliphatic heterocycles. The van der Waals surface area contributed by atoms with Gasteiger partial charge < -0.3 is 21.5 Å². The Hall–Kier alpha value is -2.08. The minimum absolute atomic E-state index is 0.0933. The van der Waals surface area contributed by atoms with E-state index in [2.05, 4.69) is 5.32 Å². The standard InChI is InChI=1S/C11H15N3O3/c1-7-2-4-8(5-3-7)13-10(15)9(6-12)14-11(16)17/h2-5,9,14H,6,12H2,1H3,(H,13,15)(H,16,17)/t9-/m1/s1. The lowest BCUT2D eigenvalue weighted by atomic mass is 10.2. The number of carbonyl (C=O) groups is 2. The van der Waals surface area contributed by atoms with Crippen LogP contribution in [0.1, 0.15) is 5.56 Å². The summed E-state index contributed by atoms with van der Waals surface area (Å²) < 4.78 is 0. The minimum Gasteiger partial charge on any atom is -0.465 e. The monoisotopic (exact) mass is 237 g/mol. The van der Waals surface area contributed by atoms with Crippen LogP contribution in [0.25, 0.3) is 0 Å². The molecule has 92 valence electrons. The van der Waals surface area contributed by atoms with Crippen LogP contribution in [-0.2, 0) is 4.79 Å². The predicted octanol–water partition coefficient (Wildman–Crippen LogP) is 0.528. The molecule has 1 aromatic rings. The summed E-state index contributed by atoms with van der Waals surface area (Å²) in [5.41, 5.74) is 6.99. The van der Waals surface area contributed by atoms with Crippen LogP contribution in [0.3, 0.4) is 0 Å². The number of hydrogen-bond acceptors (Lipinski definition) is 3. The highest BCUT2D eigenvalue weighted by atomic mass is 16.4. The molecule has 6 nitrogen and oxygen atoms in total. The molecule has 0 fully saturated rings. The van der Waals surface area contributed by atoms with E-state index in [1.54, 1.807) is 12.1 Å². The number of benzene rings is 1. The lowest BCUT2D eigenvalue weighted by Gasteiger charge is -2.14. The molecule has 2 amide bonds. The molecule has 0 saturated carbocycles. The molecule has 0 aromatic heterocycles. The molecule has 1 atom stereocenters. The largest absolute Gasteiger partial charge is 0.465 e. The third-order valence-electron chi connectivity index (χ3n) is 2.17. The lowest BCUT2D eigenvalue weighted by molar-refractivity contribution is -0.117. The maximum absolute atomic E-state index is 11.6. The molecule has 0 saturated heterocycles. The van der Waals surface area contributed by atoms with Gasteiger partial charge in [0.2, 0.25) is 5.91 Å². The Morgan fingerprint density at radius 1 is 1.35 bits per heavy atom. The molecular weight excluding hydrogens is 222 g/mol. The van der Waals surface area contributed by atoms with Crippen molar-refractivity contribution in [2.45, 2.75) is 13.0 Å². The van der Waals surface area contributed by atoms with Crippen LogP contribution in [0, 0.1) is 6.92 Å². The number of hydrogen-bond donors (Lipinski definition) is 4. The van der Waals surface area contributed by atoms with Crippen molar-refractivity contribution in [3.8, 4) is 0 Å². The van der Waals surface area contributed by atoms with Crippen LogP contribution in [0.5, 0.6) is 0 Å². The Balaban J connectivity index is 2.63. The van der Waals surface area contributed by atoms with Gasteiger partial charge in [0.25, 0.3) is 0 Å². The van der Waals surface area contributed by atoms with E-state index in [9.17, 15) is 9.59 Å². The number of rotatable bonds is 4. The Morgan fingerprint density at radius 2 is 1.94 bits per heavy atom. The zero-order chi connectivity index (χ0) is 12.8. The van der Waals surface area contributed by atoms with Crippen molar-refractivity contribution >= 4 is 17.7 Å². The predicted molar refractivity (Wildman–Crippen MR) is 63.8 cm³/mol. The summed E-state index contributed by atoms with van der Waals surface area (Å²) in [4.78, 5) is 22.1. The summed E-state index contributed by atoms with van der Waals surface area (Å²) >= 11 is 0. The Bertz CT molecular complexity index is 403. The fourth-order valence-electron chi connectivity index (χ4n) is 1.25. The zero-order valence-electron chi connectivity index (χ0n) is 9.43. The van der Waals surface area contributed by atoms with E-state index < -0.39 is 18.0 Å². The molecule has 0 aliphatic carbocycles. The van der Waals surface area contributed by atoms with Crippen LogP contribution in [0.15, 0.2) is 24.3 Å². The van der Waals surface area contributed by atoms with E-state index >= 15 is 0 Å². The van der Waals surface area contributed by atoms with Crippen molar-refractivity contribution < 1.29 is 14.7 Å². The smallest absolute Gasteiger partial charge is 0.405 e. The first-order chi connectivity index (χ1) is 8.02. The van der Waals surface area contributed by atoms with Gasteiger partial charge in [-0.05, 0) is 19.1 Å². The van der Waals surface area contributed by atoms with Crippen molar-refractivity contribution in [3.05, 3.63) is 29.8 Å². The third kappa shape index (κ3) is 4.12. The van der Waals surface area contributed by atoms with Crippen LogP contribution < -0.4 is 16.4 Å². The van der Waals surface area contributed by atoms with Gasteiger partial charge in [-0.2, -0.15) is 0 Å². The summed E-state index contributed by atoms with van der Waals surface area (Å²) in [7, 11) is 0. The minimum atomic E-state index is -1.28. The average molecular weight is 237 g/mol. The van der Waals surface area contributed by atoms with E-state index in [4.69, 9.17) is 10.8 Å². The molecule has 1 aromatic carbocycles. The van der Waals surface area contributed by atoms with Crippen LogP contribution in [0.4, 0.5) is 10.5 Å². The summed E-state index contributed by atoms with van der Waals surface area (Å²) in [6, 6.07) is 6.22. The fourth-order valence-corrected chi connectivity index (χ4v) is 1.25. The second-order valence-electron chi connectivity index (χ2n) is 3.59. The Kier molecular flexibility index (Phi) is 4.47. The number of anilines is 1. The van der Waals surface area contributed by atoms with Gasteiger partial charge in [0.1, 0.15) is 6.04 Å². The van der Waals surface area contributed by atoms with Crippen LogP contribution in [-0.4, -0.2) is 29.7 Å². The summed E-state index contributed by atoms with van der Waals surface area (Å²) in [5.74, 6) is -0.473. The van der Waals surface area contributed by atoms with Gasteiger partial charge in [-0.25, -0.2) is 4.79 Å². The van der Waals surface area contributed by atoms with Crippen LogP contribution in [0.2, 0.25) is 0 Å². The van der Waals surface area contributed by atoms with Crippen molar-refractivity contribution in [3.63, 3.8) is 0 Å². The topological polar surface area (TPSA) is 104 Å². The lowest BCUT2D eigenvalue weighted by Crippen LogP contribution is -2.47. The highest BCUT2D eigenvalue weighted by molar-refractivity contribution is 5.96. The van der Waals surface area contributed by atoms with Gasteiger partial charge in [-0.1, -0.05) is 17.7 Å². The number of carboxylic acid groups (broad SMARTS) is 1. The number of carbonyl (C=O) groups excluding carboxylic acids is 1. The maximum atomic E-state index is 11.6. The third-order valence-corrected chi connectivity index (χ3v) is 2.17. The number of nitrogens with two attached hydrogens (primary N) is 1. The van der Waals surface area contributed by atoms with Crippen molar-refractivity contribution in [1.29, 1.82) is 0 Å². The van der Waals surface area contributed by atoms with Crippen molar-refractivity contribution in [1.82, 2.24) is 5.32 Å². The van der Waals surface area contributed by atoms with E-state index in [0.29, 0.717) is 5.69 Å². The van der Waals surface area contributed by atoms with E-state index in [1.165, 1.54) is 0 Å². The number of nitrogens with one attached hydrogen (secondary N) is 2. The highest BCUT2D eigenvalue weighted by Crippen LogP contribution is 2.08. The van der Waals surface area contributed by atoms with Gasteiger partial charge in [0.15, 0.2) is 0 Å². The molecular formula is C11H15N3O3. The van der Waals surface area contributed by atoms with Gasteiger partial charge in [-0.15, -0.1) is 0 Å². The first-order valence-corrected chi connectivity index (χ1v) is 5.10. The summed E-state index contributed by atoms with van der Waals surface area (Å²) in [6.07, 6.45) is -1.28. The molecule has 0 heterocycles. The molecule has 0 unspecified atom stereocenters. The summed E-state index contributed by atoms with van der Waals surface area (Å²) in [5, 5.41) is 13.1. The first-order valence-electron chi connectivity index (χ1n) is 5.10. The van der Waals surface area contributed by atoms with Crippen LogP contribution >= 0.6 is 0 Å². The molecule has 0 radical (unpaired) electrons. The molecule has 0 aliphatic rings.